The molecule has 1 heterocycles. The zero-order chi connectivity index (χ0) is 11.0. The van der Waals surface area contributed by atoms with Crippen LogP contribution in [0.2, 0.25) is 0 Å². The summed E-state index contributed by atoms with van der Waals surface area (Å²) >= 11 is 0. The molecule has 1 aromatic rings. The number of nitrogen functional groups attached to an aromatic ring is 1. The first kappa shape index (κ1) is 9.51. The number of carbonyl (C=O) groups excluding carboxylic acids is 1. The van der Waals surface area contributed by atoms with Crippen molar-refractivity contribution in [2.75, 3.05) is 5.73 Å². The van der Waals surface area contributed by atoms with Crippen LogP contribution >= 0.6 is 0 Å². The molecule has 78 valence electrons. The fraction of sp³-hybridized carbons (Fsp3) is 0.200. The molecule has 1 unspecified atom stereocenters. The summed E-state index contributed by atoms with van der Waals surface area (Å²) in [6, 6.07) is 4.92. The van der Waals surface area contributed by atoms with Gasteiger partial charge in [0.1, 0.15) is 6.10 Å². The lowest BCUT2D eigenvalue weighted by Gasteiger charge is -2.06. The van der Waals surface area contributed by atoms with E-state index < -0.39 is 18.0 Å². The highest BCUT2D eigenvalue weighted by atomic mass is 16.5. The molecule has 0 radical (unpaired) electrons. The molecule has 1 aliphatic rings. The molecular formula is C10H9NO4. The summed E-state index contributed by atoms with van der Waals surface area (Å²) in [4.78, 5) is 21.9. The zero-order valence-corrected chi connectivity index (χ0v) is 7.77. The molecule has 2 rings (SSSR count). The molecule has 0 fully saturated rings. The first-order valence-corrected chi connectivity index (χ1v) is 4.40. The Morgan fingerprint density at radius 1 is 1.53 bits per heavy atom. The van der Waals surface area contributed by atoms with Crippen molar-refractivity contribution in [3.05, 3.63) is 29.3 Å². The molecule has 15 heavy (non-hydrogen) atoms. The SMILES string of the molecule is Nc1cccc2c1C(=O)OC2CC(=O)O. The Kier molecular flexibility index (Phi) is 2.07. The molecule has 0 aromatic heterocycles. The molecule has 0 bridgehead atoms. The van der Waals surface area contributed by atoms with Gasteiger partial charge in [-0.2, -0.15) is 0 Å². The van der Waals surface area contributed by atoms with E-state index in [2.05, 4.69) is 0 Å². The first-order valence-electron chi connectivity index (χ1n) is 4.40. The maximum absolute atomic E-state index is 11.4. The number of esters is 1. The number of nitrogens with two attached hydrogens (primary N) is 1. The molecule has 3 N–H and O–H groups in total. The lowest BCUT2D eigenvalue weighted by Crippen LogP contribution is -2.05. The fourth-order valence-corrected chi connectivity index (χ4v) is 1.65. The first-order chi connectivity index (χ1) is 7.09. The zero-order valence-electron chi connectivity index (χ0n) is 7.77. The molecule has 1 aliphatic heterocycles. The van der Waals surface area contributed by atoms with Gasteiger partial charge >= 0.3 is 11.9 Å². The predicted molar refractivity (Wildman–Crippen MR) is 51.3 cm³/mol. The number of carboxylic acids is 1. The number of aliphatic carboxylic acids is 1. The minimum atomic E-state index is -1.01. The van der Waals surface area contributed by atoms with Crippen LogP contribution in [0.3, 0.4) is 0 Å². The highest BCUT2D eigenvalue weighted by molar-refractivity contribution is 5.99. The molecule has 0 aliphatic carbocycles. The van der Waals surface area contributed by atoms with Crippen molar-refractivity contribution >= 4 is 17.6 Å². The molecule has 0 saturated carbocycles. The number of ether oxygens (including phenoxy) is 1. The third-order valence-corrected chi connectivity index (χ3v) is 2.29. The highest BCUT2D eigenvalue weighted by Gasteiger charge is 2.33. The Bertz CT molecular complexity index is 441. The standard InChI is InChI=1S/C10H9NO4/c11-6-3-1-2-5-7(4-8(12)13)15-10(14)9(5)6/h1-3,7H,4,11H2,(H,12,13). The summed E-state index contributed by atoms with van der Waals surface area (Å²) in [6.07, 6.45) is -0.948. The Hall–Kier alpha value is -2.04. The number of hydrogen-bond donors (Lipinski definition) is 2. The average Bonchev–Trinajstić information content (AvgIpc) is 2.44. The number of anilines is 1. The van der Waals surface area contributed by atoms with Crippen LogP contribution in [0.25, 0.3) is 0 Å². The van der Waals surface area contributed by atoms with Crippen LogP contribution in [-0.4, -0.2) is 17.0 Å². The average molecular weight is 207 g/mol. The second-order valence-corrected chi connectivity index (χ2v) is 3.30. The second kappa shape index (κ2) is 3.27. The number of cyclic esters (lactones) is 1. The van der Waals surface area contributed by atoms with E-state index in [-0.39, 0.29) is 6.42 Å². The van der Waals surface area contributed by atoms with Crippen LogP contribution in [0, 0.1) is 0 Å². The number of fused-ring (bicyclic) bond motifs is 1. The predicted octanol–water partition coefficient (Wildman–Crippen LogP) is 0.955. The molecule has 5 nitrogen and oxygen atoms in total. The third-order valence-electron chi connectivity index (χ3n) is 2.29. The van der Waals surface area contributed by atoms with Gasteiger partial charge in [0.25, 0.3) is 0 Å². The number of benzene rings is 1. The van der Waals surface area contributed by atoms with E-state index in [0.717, 1.165) is 0 Å². The smallest absolute Gasteiger partial charge is 0.341 e. The number of carboxylic acid groups (broad SMARTS) is 1. The van der Waals surface area contributed by atoms with Gasteiger partial charge in [0.05, 0.1) is 12.0 Å². The number of hydrogen-bond acceptors (Lipinski definition) is 4. The van der Waals surface area contributed by atoms with Crippen LogP contribution in [0.1, 0.15) is 28.4 Å². The van der Waals surface area contributed by atoms with Gasteiger partial charge in [0.15, 0.2) is 0 Å². The van der Waals surface area contributed by atoms with Crippen LogP contribution in [0.15, 0.2) is 18.2 Å². The summed E-state index contributed by atoms with van der Waals surface area (Å²) < 4.78 is 4.92. The Morgan fingerprint density at radius 2 is 2.27 bits per heavy atom. The van der Waals surface area contributed by atoms with E-state index in [1.807, 2.05) is 0 Å². The van der Waals surface area contributed by atoms with E-state index in [1.165, 1.54) is 0 Å². The van der Waals surface area contributed by atoms with Crippen molar-refractivity contribution in [1.82, 2.24) is 0 Å². The van der Waals surface area contributed by atoms with Gasteiger partial charge in [-0.25, -0.2) is 4.79 Å². The quantitative estimate of drug-likeness (QED) is 0.556. The van der Waals surface area contributed by atoms with Crippen LogP contribution in [0.4, 0.5) is 5.69 Å². The molecule has 5 heteroatoms. The van der Waals surface area contributed by atoms with Gasteiger partial charge in [-0.3, -0.25) is 4.79 Å². The largest absolute Gasteiger partial charge is 0.481 e. The van der Waals surface area contributed by atoms with E-state index in [1.54, 1.807) is 18.2 Å². The third kappa shape index (κ3) is 1.52. The van der Waals surface area contributed by atoms with Crippen molar-refractivity contribution in [1.29, 1.82) is 0 Å². The minimum absolute atomic E-state index is 0.234. The summed E-state index contributed by atoms with van der Waals surface area (Å²) in [5.74, 6) is -1.56. The lowest BCUT2D eigenvalue weighted by molar-refractivity contribution is -0.139. The van der Waals surface area contributed by atoms with Crippen molar-refractivity contribution in [3.63, 3.8) is 0 Å². The van der Waals surface area contributed by atoms with Crippen molar-refractivity contribution in [2.45, 2.75) is 12.5 Å². The molecule has 0 spiro atoms. The van der Waals surface area contributed by atoms with Gasteiger partial charge in [0, 0.05) is 11.3 Å². The van der Waals surface area contributed by atoms with E-state index in [0.29, 0.717) is 16.8 Å². The summed E-state index contributed by atoms with van der Waals surface area (Å²) in [5.41, 5.74) is 6.78. The molecule has 1 aromatic carbocycles. The fourth-order valence-electron chi connectivity index (χ4n) is 1.65. The van der Waals surface area contributed by atoms with E-state index >= 15 is 0 Å². The van der Waals surface area contributed by atoms with Gasteiger partial charge in [-0.05, 0) is 6.07 Å². The van der Waals surface area contributed by atoms with Crippen LogP contribution in [-0.2, 0) is 9.53 Å². The Morgan fingerprint density at radius 3 is 2.93 bits per heavy atom. The summed E-state index contributed by atoms with van der Waals surface area (Å²) in [7, 11) is 0. The van der Waals surface area contributed by atoms with Gasteiger partial charge < -0.3 is 15.6 Å². The molecular weight excluding hydrogens is 198 g/mol. The van der Waals surface area contributed by atoms with E-state index in [4.69, 9.17) is 15.6 Å². The maximum Gasteiger partial charge on any atom is 0.341 e. The van der Waals surface area contributed by atoms with Gasteiger partial charge in [0.2, 0.25) is 0 Å². The Balaban J connectivity index is 2.42. The summed E-state index contributed by atoms with van der Waals surface area (Å²) in [6.45, 7) is 0. The minimum Gasteiger partial charge on any atom is -0.481 e. The number of carbonyl (C=O) groups is 2. The molecule has 0 saturated heterocycles. The molecule has 0 amide bonds. The molecule has 1 atom stereocenters. The van der Waals surface area contributed by atoms with Crippen LogP contribution in [0.5, 0.6) is 0 Å². The number of rotatable bonds is 2. The monoisotopic (exact) mass is 207 g/mol. The van der Waals surface area contributed by atoms with Crippen molar-refractivity contribution in [3.8, 4) is 0 Å². The van der Waals surface area contributed by atoms with Gasteiger partial charge in [-0.1, -0.05) is 12.1 Å². The topological polar surface area (TPSA) is 89.6 Å². The van der Waals surface area contributed by atoms with Crippen molar-refractivity contribution < 1.29 is 19.4 Å². The van der Waals surface area contributed by atoms with Crippen molar-refractivity contribution in [2.24, 2.45) is 0 Å². The maximum atomic E-state index is 11.4. The van der Waals surface area contributed by atoms with E-state index in [9.17, 15) is 9.59 Å². The Labute approximate surface area is 85.5 Å². The summed E-state index contributed by atoms with van der Waals surface area (Å²) in [5, 5.41) is 8.63. The second-order valence-electron chi connectivity index (χ2n) is 3.30. The highest BCUT2D eigenvalue weighted by Crippen LogP contribution is 2.35. The van der Waals surface area contributed by atoms with Gasteiger partial charge in [-0.15, -0.1) is 0 Å². The normalized spacial score (nSPS) is 18.4. The lowest BCUT2D eigenvalue weighted by atomic mass is 10.0. The van der Waals surface area contributed by atoms with Crippen LogP contribution < -0.4 is 5.73 Å².